The molecule has 2 fully saturated rings. The molecule has 0 bridgehead atoms. The zero-order chi connectivity index (χ0) is 13.8. The van der Waals surface area contributed by atoms with Gasteiger partial charge in [0.2, 0.25) is 0 Å². The molecule has 1 aliphatic carbocycles. The van der Waals surface area contributed by atoms with Crippen molar-refractivity contribution in [3.05, 3.63) is 0 Å². The highest BCUT2D eigenvalue weighted by atomic mass is 15.2. The Hall–Kier alpha value is -0.0800. The molecule has 19 heavy (non-hydrogen) atoms. The van der Waals surface area contributed by atoms with E-state index < -0.39 is 0 Å². The van der Waals surface area contributed by atoms with Gasteiger partial charge in [0.15, 0.2) is 0 Å². The Balaban J connectivity index is 1.93. The standard InChI is InChI=1S/C17H34N2/c1-5-14(4)19-11-15(13(2)3)10-17(12-19)18-16-8-6-7-9-16/h13-18H,5-12H2,1-4H3. The van der Waals surface area contributed by atoms with Crippen LogP contribution in [-0.2, 0) is 0 Å². The van der Waals surface area contributed by atoms with Gasteiger partial charge < -0.3 is 5.32 Å². The third-order valence-corrected chi connectivity index (χ3v) is 5.49. The van der Waals surface area contributed by atoms with Crippen LogP contribution in [0.25, 0.3) is 0 Å². The predicted octanol–water partition coefficient (Wildman–Crippen LogP) is 3.66. The van der Waals surface area contributed by atoms with E-state index in [4.69, 9.17) is 0 Å². The maximum absolute atomic E-state index is 3.97. The van der Waals surface area contributed by atoms with Gasteiger partial charge in [-0.25, -0.2) is 0 Å². The van der Waals surface area contributed by atoms with Gasteiger partial charge >= 0.3 is 0 Å². The van der Waals surface area contributed by atoms with Crippen molar-refractivity contribution in [2.75, 3.05) is 13.1 Å². The van der Waals surface area contributed by atoms with Crippen molar-refractivity contribution in [3.63, 3.8) is 0 Å². The summed E-state index contributed by atoms with van der Waals surface area (Å²) < 4.78 is 0. The highest BCUT2D eigenvalue weighted by Gasteiger charge is 2.32. The lowest BCUT2D eigenvalue weighted by atomic mass is 9.84. The highest BCUT2D eigenvalue weighted by Crippen LogP contribution is 2.27. The molecule has 2 heteroatoms. The van der Waals surface area contributed by atoms with E-state index in [1.165, 1.54) is 51.6 Å². The normalized spacial score (nSPS) is 32.1. The number of hydrogen-bond donors (Lipinski definition) is 1. The van der Waals surface area contributed by atoms with E-state index >= 15 is 0 Å². The van der Waals surface area contributed by atoms with E-state index in [9.17, 15) is 0 Å². The Morgan fingerprint density at radius 2 is 1.74 bits per heavy atom. The molecule has 2 rings (SSSR count). The van der Waals surface area contributed by atoms with Gasteiger partial charge in [0.1, 0.15) is 0 Å². The van der Waals surface area contributed by atoms with Crippen LogP contribution in [0.15, 0.2) is 0 Å². The van der Waals surface area contributed by atoms with E-state index in [2.05, 4.69) is 37.9 Å². The van der Waals surface area contributed by atoms with Crippen LogP contribution >= 0.6 is 0 Å². The second-order valence-electron chi connectivity index (χ2n) is 7.30. The average Bonchev–Trinajstić information content (AvgIpc) is 2.90. The fourth-order valence-corrected chi connectivity index (χ4v) is 3.82. The van der Waals surface area contributed by atoms with E-state index in [1.807, 2.05) is 0 Å². The second kappa shape index (κ2) is 7.08. The fraction of sp³-hybridized carbons (Fsp3) is 1.00. The molecule has 112 valence electrons. The summed E-state index contributed by atoms with van der Waals surface area (Å²) in [6.07, 6.45) is 8.36. The summed E-state index contributed by atoms with van der Waals surface area (Å²) in [6.45, 7) is 12.1. The lowest BCUT2D eigenvalue weighted by Crippen LogP contribution is -2.54. The van der Waals surface area contributed by atoms with Crippen LogP contribution in [0, 0.1) is 11.8 Å². The number of nitrogens with zero attached hydrogens (tertiary/aromatic N) is 1. The summed E-state index contributed by atoms with van der Waals surface area (Å²) in [5, 5.41) is 3.97. The topological polar surface area (TPSA) is 15.3 Å². The Morgan fingerprint density at radius 3 is 2.32 bits per heavy atom. The molecule has 0 spiro atoms. The largest absolute Gasteiger partial charge is 0.310 e. The first kappa shape index (κ1) is 15.3. The molecule has 1 heterocycles. The molecule has 1 saturated heterocycles. The first-order valence-corrected chi connectivity index (χ1v) is 8.60. The van der Waals surface area contributed by atoms with Crippen molar-refractivity contribution in [1.82, 2.24) is 10.2 Å². The molecule has 0 radical (unpaired) electrons. The second-order valence-corrected chi connectivity index (χ2v) is 7.30. The SMILES string of the molecule is CCC(C)N1CC(NC2CCCC2)CC(C(C)C)C1. The van der Waals surface area contributed by atoms with Gasteiger partial charge in [-0.05, 0) is 44.4 Å². The van der Waals surface area contributed by atoms with Gasteiger partial charge in [-0.3, -0.25) is 4.90 Å². The first-order chi connectivity index (χ1) is 9.10. The van der Waals surface area contributed by atoms with Crippen LogP contribution in [0.3, 0.4) is 0 Å². The summed E-state index contributed by atoms with van der Waals surface area (Å²) in [4.78, 5) is 2.74. The Kier molecular flexibility index (Phi) is 5.70. The lowest BCUT2D eigenvalue weighted by molar-refractivity contribution is 0.0790. The van der Waals surface area contributed by atoms with Crippen LogP contribution in [0.1, 0.15) is 66.2 Å². The molecule has 3 unspecified atom stereocenters. The van der Waals surface area contributed by atoms with Crippen molar-refractivity contribution >= 4 is 0 Å². The molecule has 1 N–H and O–H groups in total. The molecule has 2 aliphatic rings. The minimum atomic E-state index is 0.734. The Labute approximate surface area is 120 Å². The number of likely N-dealkylation sites (tertiary alicyclic amines) is 1. The molecule has 0 aromatic heterocycles. The minimum absolute atomic E-state index is 0.734. The minimum Gasteiger partial charge on any atom is -0.310 e. The number of piperidine rings is 1. The van der Waals surface area contributed by atoms with E-state index in [0.29, 0.717) is 0 Å². The zero-order valence-corrected chi connectivity index (χ0v) is 13.5. The van der Waals surface area contributed by atoms with Crippen LogP contribution in [0.5, 0.6) is 0 Å². The smallest absolute Gasteiger partial charge is 0.0200 e. The van der Waals surface area contributed by atoms with Gasteiger partial charge in [-0.1, -0.05) is 33.6 Å². The van der Waals surface area contributed by atoms with E-state index in [-0.39, 0.29) is 0 Å². The third kappa shape index (κ3) is 4.19. The average molecular weight is 266 g/mol. The zero-order valence-electron chi connectivity index (χ0n) is 13.5. The Morgan fingerprint density at radius 1 is 1.05 bits per heavy atom. The summed E-state index contributed by atoms with van der Waals surface area (Å²) in [5.41, 5.74) is 0. The molecule has 0 amide bonds. The quantitative estimate of drug-likeness (QED) is 0.817. The van der Waals surface area contributed by atoms with Gasteiger partial charge in [0, 0.05) is 31.2 Å². The number of rotatable bonds is 5. The highest BCUT2D eigenvalue weighted by molar-refractivity contribution is 4.89. The molecular formula is C17H34N2. The van der Waals surface area contributed by atoms with Crippen molar-refractivity contribution in [3.8, 4) is 0 Å². The maximum Gasteiger partial charge on any atom is 0.0200 e. The molecule has 3 atom stereocenters. The molecular weight excluding hydrogens is 232 g/mol. The maximum atomic E-state index is 3.97. The van der Waals surface area contributed by atoms with Crippen molar-refractivity contribution in [2.24, 2.45) is 11.8 Å². The van der Waals surface area contributed by atoms with Gasteiger partial charge in [-0.15, -0.1) is 0 Å². The molecule has 0 aromatic carbocycles. The van der Waals surface area contributed by atoms with Gasteiger partial charge in [-0.2, -0.15) is 0 Å². The van der Waals surface area contributed by atoms with Crippen molar-refractivity contribution in [1.29, 1.82) is 0 Å². The summed E-state index contributed by atoms with van der Waals surface area (Å²) in [5.74, 6) is 1.70. The summed E-state index contributed by atoms with van der Waals surface area (Å²) >= 11 is 0. The van der Waals surface area contributed by atoms with Crippen LogP contribution < -0.4 is 5.32 Å². The molecule has 1 aliphatic heterocycles. The van der Waals surface area contributed by atoms with E-state index in [1.54, 1.807) is 0 Å². The van der Waals surface area contributed by atoms with Crippen LogP contribution in [0.4, 0.5) is 0 Å². The van der Waals surface area contributed by atoms with E-state index in [0.717, 1.165) is 30.0 Å². The first-order valence-electron chi connectivity index (χ1n) is 8.60. The third-order valence-electron chi connectivity index (χ3n) is 5.49. The Bertz CT molecular complexity index is 256. The van der Waals surface area contributed by atoms with Crippen molar-refractivity contribution in [2.45, 2.75) is 84.3 Å². The van der Waals surface area contributed by atoms with Crippen LogP contribution in [0.2, 0.25) is 0 Å². The molecule has 0 aromatic rings. The van der Waals surface area contributed by atoms with Crippen LogP contribution in [-0.4, -0.2) is 36.1 Å². The van der Waals surface area contributed by atoms with Crippen molar-refractivity contribution < 1.29 is 0 Å². The summed E-state index contributed by atoms with van der Waals surface area (Å²) in [7, 11) is 0. The summed E-state index contributed by atoms with van der Waals surface area (Å²) in [6, 6.07) is 2.29. The van der Waals surface area contributed by atoms with Gasteiger partial charge in [0.25, 0.3) is 0 Å². The molecule has 1 saturated carbocycles. The predicted molar refractivity (Wildman–Crippen MR) is 83.5 cm³/mol. The molecule has 2 nitrogen and oxygen atoms in total. The number of hydrogen-bond acceptors (Lipinski definition) is 2. The number of nitrogens with one attached hydrogen (secondary N) is 1. The monoisotopic (exact) mass is 266 g/mol. The fourth-order valence-electron chi connectivity index (χ4n) is 3.82. The van der Waals surface area contributed by atoms with Gasteiger partial charge in [0.05, 0.1) is 0 Å². The lowest BCUT2D eigenvalue weighted by Gasteiger charge is -2.43.